The zero-order valence-corrected chi connectivity index (χ0v) is 18.9. The second-order valence-electron chi connectivity index (χ2n) is 8.71. The summed E-state index contributed by atoms with van der Waals surface area (Å²) in [4.78, 5) is 25.0. The molecule has 5 nitrogen and oxygen atoms in total. The maximum absolute atomic E-state index is 13.0. The van der Waals surface area contributed by atoms with Crippen molar-refractivity contribution in [3.05, 3.63) is 65.2 Å². The number of ketones is 1. The minimum Gasteiger partial charge on any atom is -0.497 e. The number of methoxy groups -OCH3 is 1. The lowest BCUT2D eigenvalue weighted by atomic mass is 9.85. The van der Waals surface area contributed by atoms with Gasteiger partial charge in [0.2, 0.25) is 5.91 Å². The van der Waals surface area contributed by atoms with Gasteiger partial charge >= 0.3 is 0 Å². The lowest BCUT2D eigenvalue weighted by Crippen LogP contribution is -2.43. The second-order valence-corrected chi connectivity index (χ2v) is 8.71. The van der Waals surface area contributed by atoms with Gasteiger partial charge in [0.25, 0.3) is 0 Å². The zero-order valence-electron chi connectivity index (χ0n) is 18.9. The number of benzene rings is 2. The number of allylic oxidation sites excluding steroid dienone is 1. The van der Waals surface area contributed by atoms with E-state index in [0.717, 1.165) is 42.7 Å². The summed E-state index contributed by atoms with van der Waals surface area (Å²) in [7, 11) is 1.64. The topological polar surface area (TPSA) is 67.4 Å². The molecule has 164 valence electrons. The molecule has 0 aliphatic carbocycles. The van der Waals surface area contributed by atoms with Gasteiger partial charge < -0.3 is 15.4 Å². The molecule has 1 aliphatic heterocycles. The molecule has 0 radical (unpaired) electrons. The fourth-order valence-electron chi connectivity index (χ4n) is 3.84. The molecule has 0 saturated heterocycles. The van der Waals surface area contributed by atoms with Gasteiger partial charge in [0.05, 0.1) is 7.11 Å². The minimum atomic E-state index is -0.153. The highest BCUT2D eigenvalue weighted by molar-refractivity contribution is 6.09. The molecular weight excluding hydrogens is 388 g/mol. The molecule has 0 aromatic heterocycles. The Hall–Kier alpha value is -3.08. The number of hydrogen-bond donors (Lipinski definition) is 2. The van der Waals surface area contributed by atoms with Crippen molar-refractivity contribution >= 4 is 23.1 Å². The summed E-state index contributed by atoms with van der Waals surface area (Å²) in [6.07, 6.45) is 6.06. The minimum absolute atomic E-state index is 0.00818. The van der Waals surface area contributed by atoms with Crippen molar-refractivity contribution in [1.29, 1.82) is 0 Å². The van der Waals surface area contributed by atoms with Gasteiger partial charge in [-0.25, -0.2) is 0 Å². The third-order valence-corrected chi connectivity index (χ3v) is 5.45. The van der Waals surface area contributed by atoms with Crippen molar-refractivity contribution in [3.63, 3.8) is 0 Å². The van der Waals surface area contributed by atoms with E-state index in [0.29, 0.717) is 17.7 Å². The van der Waals surface area contributed by atoms with Crippen molar-refractivity contribution in [2.75, 3.05) is 12.4 Å². The summed E-state index contributed by atoms with van der Waals surface area (Å²) in [5.74, 6) is 0.682. The van der Waals surface area contributed by atoms with Crippen molar-refractivity contribution in [1.82, 2.24) is 5.32 Å². The van der Waals surface area contributed by atoms with Crippen LogP contribution in [0.3, 0.4) is 0 Å². The molecule has 5 heteroatoms. The van der Waals surface area contributed by atoms with E-state index in [4.69, 9.17) is 4.74 Å². The Morgan fingerprint density at radius 2 is 1.87 bits per heavy atom. The Morgan fingerprint density at radius 3 is 2.55 bits per heavy atom. The van der Waals surface area contributed by atoms with Gasteiger partial charge in [-0.3, -0.25) is 9.59 Å². The molecule has 0 bridgehead atoms. The van der Waals surface area contributed by atoms with Crippen molar-refractivity contribution < 1.29 is 14.3 Å². The molecule has 0 unspecified atom stereocenters. The number of fused-ring (bicyclic) bond motifs is 1. The van der Waals surface area contributed by atoms with Crippen LogP contribution < -0.4 is 15.4 Å². The van der Waals surface area contributed by atoms with Gasteiger partial charge in [-0.1, -0.05) is 25.8 Å². The van der Waals surface area contributed by atoms with Gasteiger partial charge in [-0.05, 0) is 68.7 Å². The van der Waals surface area contributed by atoms with E-state index in [1.54, 1.807) is 37.5 Å². The van der Waals surface area contributed by atoms with Crippen LogP contribution in [0, 0.1) is 0 Å². The molecular formula is C26H32N2O3. The van der Waals surface area contributed by atoms with E-state index < -0.39 is 0 Å². The lowest BCUT2D eigenvalue weighted by Gasteiger charge is -2.35. The number of rotatable bonds is 8. The highest BCUT2D eigenvalue weighted by Crippen LogP contribution is 2.32. The molecule has 1 aliphatic rings. The van der Waals surface area contributed by atoms with Crippen LogP contribution in [0.4, 0.5) is 5.69 Å². The summed E-state index contributed by atoms with van der Waals surface area (Å²) < 4.78 is 5.37. The molecule has 31 heavy (non-hydrogen) atoms. The number of ether oxygens (including phenoxy) is 1. The van der Waals surface area contributed by atoms with Crippen LogP contribution in [0.2, 0.25) is 0 Å². The lowest BCUT2D eigenvalue weighted by molar-refractivity contribution is -0.116. The van der Waals surface area contributed by atoms with Crippen molar-refractivity contribution in [2.45, 2.75) is 58.4 Å². The second kappa shape index (κ2) is 9.82. The predicted octanol–water partition coefficient (Wildman–Crippen LogP) is 5.36. The molecule has 1 amide bonds. The van der Waals surface area contributed by atoms with Crippen molar-refractivity contribution in [2.24, 2.45) is 0 Å². The Morgan fingerprint density at radius 1 is 1.13 bits per heavy atom. The third-order valence-electron chi connectivity index (χ3n) is 5.45. The van der Waals surface area contributed by atoms with Gasteiger partial charge in [0.15, 0.2) is 5.78 Å². The fraction of sp³-hybridized carbons (Fsp3) is 0.385. The molecule has 1 heterocycles. The standard InChI is InChI=1S/C26H32N2O3/c1-5-6-7-8-25(30)27-20-12-9-18(10-13-20)24(29)16-23-22-15-21(31-4)14-11-19(22)17-26(2,3)28-23/h9-16,28H,5-8,17H2,1-4H3,(H,27,30). The Balaban J connectivity index is 1.76. The van der Waals surface area contributed by atoms with Crippen LogP contribution in [0.15, 0.2) is 48.5 Å². The maximum atomic E-state index is 13.0. The van der Waals surface area contributed by atoms with Gasteiger partial charge in [0.1, 0.15) is 5.75 Å². The third kappa shape index (κ3) is 5.97. The fourth-order valence-corrected chi connectivity index (χ4v) is 3.84. The number of carbonyl (C=O) groups is 2. The highest BCUT2D eigenvalue weighted by atomic mass is 16.5. The molecule has 2 aromatic rings. The number of hydrogen-bond acceptors (Lipinski definition) is 4. The number of nitrogens with one attached hydrogen (secondary N) is 2. The van der Waals surface area contributed by atoms with Crippen LogP contribution in [-0.4, -0.2) is 24.3 Å². The van der Waals surface area contributed by atoms with E-state index in [2.05, 4.69) is 37.5 Å². The molecule has 0 spiro atoms. The monoisotopic (exact) mass is 420 g/mol. The Kier molecular flexibility index (Phi) is 7.16. The summed E-state index contributed by atoms with van der Waals surface area (Å²) in [5.41, 5.74) is 4.10. The average Bonchev–Trinajstić information content (AvgIpc) is 2.73. The van der Waals surface area contributed by atoms with Crippen LogP contribution in [-0.2, 0) is 11.2 Å². The normalized spacial score (nSPS) is 15.7. The smallest absolute Gasteiger partial charge is 0.224 e. The maximum Gasteiger partial charge on any atom is 0.224 e. The number of carbonyl (C=O) groups excluding carboxylic acids is 2. The SMILES string of the molecule is CCCCCC(=O)Nc1ccc(C(=O)C=C2NC(C)(C)Cc3ccc(OC)cc32)cc1. The summed E-state index contributed by atoms with van der Waals surface area (Å²) in [6.45, 7) is 6.36. The first-order chi connectivity index (χ1) is 14.8. The number of unbranched alkanes of at least 4 members (excludes halogenated alkanes) is 2. The zero-order chi connectivity index (χ0) is 22.4. The van der Waals surface area contributed by atoms with Gasteiger partial charge in [0, 0.05) is 40.5 Å². The van der Waals surface area contributed by atoms with E-state index in [1.807, 2.05) is 12.1 Å². The Labute approximate surface area is 184 Å². The summed E-state index contributed by atoms with van der Waals surface area (Å²) in [5, 5.41) is 6.38. The molecule has 0 fully saturated rings. The van der Waals surface area contributed by atoms with E-state index >= 15 is 0 Å². The van der Waals surface area contributed by atoms with Gasteiger partial charge in [-0.2, -0.15) is 0 Å². The van der Waals surface area contributed by atoms with Crippen molar-refractivity contribution in [3.8, 4) is 5.75 Å². The van der Waals surface area contributed by atoms with E-state index in [1.165, 1.54) is 5.56 Å². The molecule has 2 N–H and O–H groups in total. The van der Waals surface area contributed by atoms with Crippen LogP contribution in [0.25, 0.3) is 5.70 Å². The first-order valence-electron chi connectivity index (χ1n) is 10.9. The summed E-state index contributed by atoms with van der Waals surface area (Å²) in [6, 6.07) is 13.0. The molecule has 0 saturated carbocycles. The first kappa shape index (κ1) is 22.6. The van der Waals surface area contributed by atoms with Crippen LogP contribution in [0.1, 0.15) is 67.9 Å². The van der Waals surface area contributed by atoms with Gasteiger partial charge in [-0.15, -0.1) is 0 Å². The molecule has 3 rings (SSSR count). The van der Waals surface area contributed by atoms with Crippen LogP contribution in [0.5, 0.6) is 5.75 Å². The highest BCUT2D eigenvalue weighted by Gasteiger charge is 2.28. The van der Waals surface area contributed by atoms with Crippen LogP contribution >= 0.6 is 0 Å². The predicted molar refractivity (Wildman–Crippen MR) is 125 cm³/mol. The molecule has 2 aromatic carbocycles. The average molecular weight is 421 g/mol. The first-order valence-corrected chi connectivity index (χ1v) is 10.9. The van der Waals surface area contributed by atoms with E-state index in [9.17, 15) is 9.59 Å². The largest absolute Gasteiger partial charge is 0.497 e. The quantitative estimate of drug-likeness (QED) is 0.343. The summed E-state index contributed by atoms with van der Waals surface area (Å²) >= 11 is 0. The molecule has 0 atom stereocenters. The number of anilines is 1. The number of amides is 1. The Bertz CT molecular complexity index is 975. The van der Waals surface area contributed by atoms with E-state index in [-0.39, 0.29) is 17.2 Å².